The van der Waals surface area contributed by atoms with E-state index in [0.717, 1.165) is 11.3 Å². The van der Waals surface area contributed by atoms with Crippen molar-refractivity contribution in [2.45, 2.75) is 6.92 Å². The molecule has 0 aliphatic heterocycles. The van der Waals surface area contributed by atoms with Gasteiger partial charge in [-0.2, -0.15) is 0 Å². The number of nitrogens with one attached hydrogen (secondary N) is 2. The summed E-state index contributed by atoms with van der Waals surface area (Å²) in [5.41, 5.74) is 2.41. The number of anilines is 1. The molecule has 0 saturated carbocycles. The summed E-state index contributed by atoms with van der Waals surface area (Å²) in [6.45, 7) is 1.95. The maximum atomic E-state index is 13.2. The highest BCUT2D eigenvalue weighted by atomic mass is 19.1. The van der Waals surface area contributed by atoms with Gasteiger partial charge >= 0.3 is 0 Å². The molecule has 2 aromatic carbocycles. The number of halogens is 1. The van der Waals surface area contributed by atoms with Crippen LogP contribution in [0.2, 0.25) is 0 Å². The fourth-order valence-electron chi connectivity index (χ4n) is 2.23. The van der Waals surface area contributed by atoms with E-state index >= 15 is 0 Å². The number of azo groups is 1. The standard InChI is InChI=1S/C17H15FN4O2/c1-10-2-5-12(6-3-10)19-9-15(23)21-22-16-13-7-4-11(18)8-14(13)20-17(16)24/h2-8,19-20,24H,9H2,1H3. The zero-order chi connectivity index (χ0) is 17.1. The van der Waals surface area contributed by atoms with Crippen LogP contribution in [0.4, 0.5) is 15.8 Å². The van der Waals surface area contributed by atoms with Crippen LogP contribution in [0, 0.1) is 12.7 Å². The van der Waals surface area contributed by atoms with Crippen LogP contribution >= 0.6 is 0 Å². The molecule has 122 valence electrons. The number of carbonyl (C=O) groups excluding carboxylic acids is 1. The van der Waals surface area contributed by atoms with Gasteiger partial charge in [0.25, 0.3) is 5.91 Å². The number of aromatic nitrogens is 1. The lowest BCUT2D eigenvalue weighted by molar-refractivity contribution is -0.116. The SMILES string of the molecule is Cc1ccc(NCC(=O)N=Nc2c(O)[nH]c3cc(F)ccc23)cc1. The number of benzene rings is 2. The lowest BCUT2D eigenvalue weighted by atomic mass is 10.2. The van der Waals surface area contributed by atoms with Crippen molar-refractivity contribution >= 4 is 28.2 Å². The molecular formula is C17H15FN4O2. The Kier molecular flexibility index (Phi) is 4.24. The van der Waals surface area contributed by atoms with Crippen LogP contribution in [-0.2, 0) is 4.79 Å². The Morgan fingerprint density at radius 3 is 2.75 bits per heavy atom. The van der Waals surface area contributed by atoms with E-state index in [-0.39, 0.29) is 18.1 Å². The number of aromatic hydroxyl groups is 1. The lowest BCUT2D eigenvalue weighted by Crippen LogP contribution is -2.10. The number of amides is 1. The van der Waals surface area contributed by atoms with Gasteiger partial charge in [0.15, 0.2) is 5.69 Å². The van der Waals surface area contributed by atoms with Gasteiger partial charge in [-0.05, 0) is 37.3 Å². The van der Waals surface area contributed by atoms with Crippen LogP contribution in [0.15, 0.2) is 52.7 Å². The minimum atomic E-state index is -0.494. The van der Waals surface area contributed by atoms with Gasteiger partial charge in [0.1, 0.15) is 5.82 Å². The number of hydrogen-bond donors (Lipinski definition) is 3. The fourth-order valence-corrected chi connectivity index (χ4v) is 2.23. The van der Waals surface area contributed by atoms with Gasteiger partial charge in [0.05, 0.1) is 12.1 Å². The van der Waals surface area contributed by atoms with E-state index in [9.17, 15) is 14.3 Å². The minimum absolute atomic E-state index is 0.0235. The average Bonchev–Trinajstić information content (AvgIpc) is 2.86. The van der Waals surface area contributed by atoms with Crippen molar-refractivity contribution in [3.63, 3.8) is 0 Å². The number of fused-ring (bicyclic) bond motifs is 1. The molecule has 0 bridgehead atoms. The van der Waals surface area contributed by atoms with Gasteiger partial charge in [-0.1, -0.05) is 17.7 Å². The van der Waals surface area contributed by atoms with E-state index in [1.807, 2.05) is 31.2 Å². The first-order chi connectivity index (χ1) is 11.5. The maximum Gasteiger partial charge on any atom is 0.283 e. The second kappa shape index (κ2) is 6.49. The Bertz CT molecular complexity index is 916. The molecule has 0 radical (unpaired) electrons. The van der Waals surface area contributed by atoms with E-state index in [2.05, 4.69) is 20.5 Å². The molecule has 3 rings (SSSR count). The van der Waals surface area contributed by atoms with Crippen LogP contribution in [-0.4, -0.2) is 22.5 Å². The van der Waals surface area contributed by atoms with Crippen molar-refractivity contribution in [3.05, 3.63) is 53.8 Å². The summed E-state index contributed by atoms with van der Waals surface area (Å²) < 4.78 is 13.2. The van der Waals surface area contributed by atoms with Gasteiger partial charge < -0.3 is 15.4 Å². The molecule has 6 nitrogen and oxygen atoms in total. The van der Waals surface area contributed by atoms with Gasteiger partial charge in [0, 0.05) is 11.1 Å². The van der Waals surface area contributed by atoms with Gasteiger partial charge in [0.2, 0.25) is 5.88 Å². The predicted molar refractivity (Wildman–Crippen MR) is 89.1 cm³/mol. The van der Waals surface area contributed by atoms with Crippen LogP contribution in [0.1, 0.15) is 5.56 Å². The number of aryl methyl sites for hydroxylation is 1. The van der Waals surface area contributed by atoms with E-state index in [1.165, 1.54) is 18.2 Å². The van der Waals surface area contributed by atoms with Crippen LogP contribution in [0.3, 0.4) is 0 Å². The van der Waals surface area contributed by atoms with Crippen molar-refractivity contribution in [2.24, 2.45) is 10.2 Å². The number of H-pyrrole nitrogens is 1. The third-order valence-corrected chi connectivity index (χ3v) is 3.47. The zero-order valence-corrected chi connectivity index (χ0v) is 12.9. The normalized spacial score (nSPS) is 11.2. The monoisotopic (exact) mass is 326 g/mol. The summed E-state index contributed by atoms with van der Waals surface area (Å²) in [5, 5.41) is 20.6. The summed E-state index contributed by atoms with van der Waals surface area (Å²) in [5.74, 6) is -1.20. The Hall–Kier alpha value is -3.22. The molecule has 7 heteroatoms. The Balaban J connectivity index is 1.70. The Morgan fingerprint density at radius 2 is 2.00 bits per heavy atom. The van der Waals surface area contributed by atoms with Gasteiger partial charge in [-0.15, -0.1) is 10.2 Å². The molecule has 0 aliphatic rings. The fraction of sp³-hybridized carbons (Fsp3) is 0.118. The van der Waals surface area contributed by atoms with E-state index < -0.39 is 11.7 Å². The Morgan fingerprint density at radius 1 is 1.25 bits per heavy atom. The molecule has 0 fully saturated rings. The summed E-state index contributed by atoms with van der Waals surface area (Å²) in [7, 11) is 0. The second-order valence-corrected chi connectivity index (χ2v) is 5.33. The highest BCUT2D eigenvalue weighted by Gasteiger charge is 2.11. The summed E-state index contributed by atoms with van der Waals surface area (Å²) in [6, 6.07) is 11.5. The number of nitrogens with zero attached hydrogens (tertiary/aromatic N) is 2. The molecule has 3 aromatic rings. The molecule has 1 heterocycles. The summed E-state index contributed by atoms with van der Waals surface area (Å²) >= 11 is 0. The quantitative estimate of drug-likeness (QED) is 0.632. The molecule has 1 aromatic heterocycles. The molecule has 0 aliphatic carbocycles. The lowest BCUT2D eigenvalue weighted by Gasteiger charge is -2.03. The van der Waals surface area contributed by atoms with Crippen LogP contribution < -0.4 is 5.32 Å². The largest absolute Gasteiger partial charge is 0.493 e. The third-order valence-electron chi connectivity index (χ3n) is 3.47. The van der Waals surface area contributed by atoms with Crippen LogP contribution in [0.5, 0.6) is 5.88 Å². The summed E-state index contributed by atoms with van der Waals surface area (Å²) in [6.07, 6.45) is 0. The molecule has 0 unspecified atom stereocenters. The predicted octanol–water partition coefficient (Wildman–Crippen LogP) is 4.04. The molecule has 24 heavy (non-hydrogen) atoms. The highest BCUT2D eigenvalue weighted by Crippen LogP contribution is 2.35. The van der Waals surface area contributed by atoms with E-state index in [4.69, 9.17) is 0 Å². The first kappa shape index (κ1) is 15.7. The first-order valence-corrected chi connectivity index (χ1v) is 7.28. The van der Waals surface area contributed by atoms with Gasteiger partial charge in [-0.25, -0.2) is 4.39 Å². The number of hydrogen-bond acceptors (Lipinski definition) is 4. The Labute approximate surface area is 137 Å². The third kappa shape index (κ3) is 3.40. The molecule has 3 N–H and O–H groups in total. The number of aromatic amines is 1. The van der Waals surface area contributed by atoms with Crippen LogP contribution in [0.25, 0.3) is 10.9 Å². The highest BCUT2D eigenvalue weighted by molar-refractivity contribution is 5.94. The second-order valence-electron chi connectivity index (χ2n) is 5.33. The molecule has 0 saturated heterocycles. The summed E-state index contributed by atoms with van der Waals surface area (Å²) in [4.78, 5) is 14.4. The van der Waals surface area contributed by atoms with Crippen molar-refractivity contribution in [2.75, 3.05) is 11.9 Å². The number of carbonyl (C=O) groups is 1. The topological polar surface area (TPSA) is 89.8 Å². The van der Waals surface area contributed by atoms with Gasteiger partial charge in [-0.3, -0.25) is 4.79 Å². The van der Waals surface area contributed by atoms with Crippen molar-refractivity contribution < 1.29 is 14.3 Å². The first-order valence-electron chi connectivity index (χ1n) is 7.28. The molecular weight excluding hydrogens is 311 g/mol. The van der Waals surface area contributed by atoms with E-state index in [1.54, 1.807) is 0 Å². The molecule has 0 spiro atoms. The smallest absolute Gasteiger partial charge is 0.283 e. The molecule has 0 atom stereocenters. The number of rotatable bonds is 4. The minimum Gasteiger partial charge on any atom is -0.493 e. The maximum absolute atomic E-state index is 13.2. The molecule has 1 amide bonds. The van der Waals surface area contributed by atoms with Crippen molar-refractivity contribution in [1.82, 2.24) is 4.98 Å². The average molecular weight is 326 g/mol. The zero-order valence-electron chi connectivity index (χ0n) is 12.9. The van der Waals surface area contributed by atoms with Crippen molar-refractivity contribution in [3.8, 4) is 5.88 Å². The van der Waals surface area contributed by atoms with Crippen molar-refractivity contribution in [1.29, 1.82) is 0 Å². The van der Waals surface area contributed by atoms with E-state index in [0.29, 0.717) is 10.9 Å².